The van der Waals surface area contributed by atoms with Crippen LogP contribution in [0.15, 0.2) is 12.4 Å². The van der Waals surface area contributed by atoms with Gasteiger partial charge in [0.15, 0.2) is 0 Å². The molecule has 1 heterocycles. The summed E-state index contributed by atoms with van der Waals surface area (Å²) in [5, 5.41) is 8.08. The molecular weight excluding hydrogens is 260 g/mol. The van der Waals surface area contributed by atoms with Crippen LogP contribution in [0, 0.1) is 11.8 Å². The second kappa shape index (κ2) is 7.41. The van der Waals surface area contributed by atoms with Crippen molar-refractivity contribution < 1.29 is 0 Å². The van der Waals surface area contributed by atoms with Crippen LogP contribution in [0.2, 0.25) is 0 Å². The number of likely N-dealkylation sites (N-methyl/N-ethyl adjacent to an activating group) is 1. The molecule has 1 aromatic heterocycles. The maximum Gasteiger partial charge on any atom is 0.0534 e. The fourth-order valence-electron chi connectivity index (χ4n) is 4.06. The van der Waals surface area contributed by atoms with Crippen LogP contribution in [-0.4, -0.2) is 40.4 Å². The summed E-state index contributed by atoms with van der Waals surface area (Å²) < 4.78 is 1.89. The number of aryl methyl sites for hydroxylation is 1. The molecular formula is C17H32N4. The van der Waals surface area contributed by atoms with Crippen LogP contribution >= 0.6 is 0 Å². The van der Waals surface area contributed by atoms with Gasteiger partial charge in [0, 0.05) is 37.4 Å². The smallest absolute Gasteiger partial charge is 0.0534 e. The van der Waals surface area contributed by atoms with Crippen molar-refractivity contribution in [2.24, 2.45) is 18.9 Å². The Labute approximate surface area is 129 Å². The van der Waals surface area contributed by atoms with Gasteiger partial charge in [-0.15, -0.1) is 0 Å². The predicted molar refractivity (Wildman–Crippen MR) is 88.1 cm³/mol. The van der Waals surface area contributed by atoms with E-state index in [-0.39, 0.29) is 0 Å². The van der Waals surface area contributed by atoms with E-state index < -0.39 is 0 Å². The zero-order chi connectivity index (χ0) is 15.4. The standard InChI is InChI=1S/C17H32N4/c1-6-7-18-16-9-13(2)8-14(3)17(16)20(4)11-15-10-19-21(5)12-15/h10,12-14,16-18H,6-9,11H2,1-5H3. The van der Waals surface area contributed by atoms with Gasteiger partial charge in [-0.2, -0.15) is 5.10 Å². The van der Waals surface area contributed by atoms with E-state index in [1.807, 2.05) is 17.9 Å². The fraction of sp³-hybridized carbons (Fsp3) is 0.824. The molecule has 0 aliphatic heterocycles. The highest BCUT2D eigenvalue weighted by molar-refractivity contribution is 5.05. The molecule has 1 aliphatic carbocycles. The molecule has 4 unspecified atom stereocenters. The first-order chi connectivity index (χ1) is 10.0. The summed E-state index contributed by atoms with van der Waals surface area (Å²) in [5.41, 5.74) is 1.31. The topological polar surface area (TPSA) is 33.1 Å². The average Bonchev–Trinajstić information content (AvgIpc) is 2.80. The molecule has 0 bridgehead atoms. The Hall–Kier alpha value is -0.870. The molecule has 1 N–H and O–H groups in total. The Morgan fingerprint density at radius 3 is 2.76 bits per heavy atom. The fourth-order valence-corrected chi connectivity index (χ4v) is 4.06. The molecule has 1 aliphatic rings. The Bertz CT molecular complexity index is 428. The van der Waals surface area contributed by atoms with Crippen LogP contribution < -0.4 is 5.32 Å². The van der Waals surface area contributed by atoms with Gasteiger partial charge in [0.2, 0.25) is 0 Å². The minimum Gasteiger partial charge on any atom is -0.312 e. The van der Waals surface area contributed by atoms with Gasteiger partial charge in [0.25, 0.3) is 0 Å². The summed E-state index contributed by atoms with van der Waals surface area (Å²) in [6.45, 7) is 9.18. The van der Waals surface area contributed by atoms with Gasteiger partial charge in [0.1, 0.15) is 0 Å². The molecule has 2 rings (SSSR count). The minimum absolute atomic E-state index is 0.616. The quantitative estimate of drug-likeness (QED) is 0.875. The maximum absolute atomic E-state index is 4.29. The number of nitrogens with one attached hydrogen (secondary N) is 1. The Morgan fingerprint density at radius 2 is 2.14 bits per heavy atom. The van der Waals surface area contributed by atoms with Crippen molar-refractivity contribution in [2.75, 3.05) is 13.6 Å². The van der Waals surface area contributed by atoms with Crippen molar-refractivity contribution >= 4 is 0 Å². The highest BCUT2D eigenvalue weighted by atomic mass is 15.2. The van der Waals surface area contributed by atoms with Crippen LogP contribution in [0.1, 0.15) is 45.6 Å². The number of aromatic nitrogens is 2. The SMILES string of the molecule is CCCNC1CC(C)CC(C)C1N(C)Cc1cnn(C)c1. The van der Waals surface area contributed by atoms with E-state index in [4.69, 9.17) is 0 Å². The minimum atomic E-state index is 0.616. The molecule has 4 nitrogen and oxygen atoms in total. The number of nitrogens with zero attached hydrogens (tertiary/aromatic N) is 3. The summed E-state index contributed by atoms with van der Waals surface area (Å²) >= 11 is 0. The lowest BCUT2D eigenvalue weighted by Crippen LogP contribution is -2.55. The normalized spacial score (nSPS) is 30.0. The summed E-state index contributed by atoms with van der Waals surface area (Å²) in [4.78, 5) is 2.53. The molecule has 0 aromatic carbocycles. The van der Waals surface area contributed by atoms with Crippen molar-refractivity contribution in [2.45, 2.75) is 58.7 Å². The largest absolute Gasteiger partial charge is 0.312 e. The molecule has 21 heavy (non-hydrogen) atoms. The van der Waals surface area contributed by atoms with Crippen LogP contribution in [0.5, 0.6) is 0 Å². The van der Waals surface area contributed by atoms with Gasteiger partial charge in [-0.3, -0.25) is 9.58 Å². The van der Waals surface area contributed by atoms with Crippen LogP contribution in [0.4, 0.5) is 0 Å². The van der Waals surface area contributed by atoms with Gasteiger partial charge < -0.3 is 5.32 Å². The Kier molecular flexibility index (Phi) is 5.82. The average molecular weight is 292 g/mol. The molecule has 120 valence electrons. The van der Waals surface area contributed by atoms with E-state index in [9.17, 15) is 0 Å². The lowest BCUT2D eigenvalue weighted by molar-refractivity contribution is 0.0754. The summed E-state index contributed by atoms with van der Waals surface area (Å²) in [5.74, 6) is 1.57. The van der Waals surface area contributed by atoms with Crippen molar-refractivity contribution in [3.8, 4) is 0 Å². The first-order valence-corrected chi connectivity index (χ1v) is 8.42. The molecule has 0 saturated heterocycles. The Morgan fingerprint density at radius 1 is 1.38 bits per heavy atom. The second-order valence-corrected chi connectivity index (χ2v) is 7.04. The zero-order valence-electron chi connectivity index (χ0n) is 14.3. The van der Waals surface area contributed by atoms with E-state index >= 15 is 0 Å². The van der Waals surface area contributed by atoms with Gasteiger partial charge in [-0.05, 0) is 44.7 Å². The van der Waals surface area contributed by atoms with Crippen molar-refractivity contribution in [3.63, 3.8) is 0 Å². The third-order valence-electron chi connectivity index (χ3n) is 4.78. The molecule has 0 spiro atoms. The lowest BCUT2D eigenvalue weighted by Gasteiger charge is -2.45. The van der Waals surface area contributed by atoms with Crippen LogP contribution in [0.3, 0.4) is 0 Å². The molecule has 0 radical (unpaired) electrons. The molecule has 4 atom stereocenters. The van der Waals surface area contributed by atoms with Crippen molar-refractivity contribution in [1.82, 2.24) is 20.0 Å². The Balaban J connectivity index is 2.04. The summed E-state index contributed by atoms with van der Waals surface area (Å²) in [6, 6.07) is 1.23. The molecule has 0 amide bonds. The van der Waals surface area contributed by atoms with Gasteiger partial charge in [0.05, 0.1) is 6.20 Å². The number of rotatable bonds is 6. The van der Waals surface area contributed by atoms with E-state index in [1.54, 1.807) is 0 Å². The van der Waals surface area contributed by atoms with Crippen LogP contribution in [0.25, 0.3) is 0 Å². The van der Waals surface area contributed by atoms with E-state index in [1.165, 1.54) is 24.8 Å². The second-order valence-electron chi connectivity index (χ2n) is 7.04. The van der Waals surface area contributed by atoms with E-state index in [0.29, 0.717) is 12.1 Å². The third-order valence-corrected chi connectivity index (χ3v) is 4.78. The highest BCUT2D eigenvalue weighted by Crippen LogP contribution is 2.32. The van der Waals surface area contributed by atoms with Crippen molar-refractivity contribution in [1.29, 1.82) is 0 Å². The predicted octanol–water partition coefficient (Wildman–Crippen LogP) is 2.65. The number of hydrogen-bond donors (Lipinski definition) is 1. The molecule has 4 heteroatoms. The highest BCUT2D eigenvalue weighted by Gasteiger charge is 2.36. The first kappa shape index (κ1) is 16.5. The first-order valence-electron chi connectivity index (χ1n) is 8.42. The van der Waals surface area contributed by atoms with Gasteiger partial charge >= 0.3 is 0 Å². The lowest BCUT2D eigenvalue weighted by atomic mass is 9.76. The van der Waals surface area contributed by atoms with Gasteiger partial charge in [-0.25, -0.2) is 0 Å². The van der Waals surface area contributed by atoms with Gasteiger partial charge in [-0.1, -0.05) is 20.8 Å². The monoisotopic (exact) mass is 292 g/mol. The molecule has 1 saturated carbocycles. The van der Waals surface area contributed by atoms with E-state index in [2.05, 4.69) is 49.3 Å². The van der Waals surface area contributed by atoms with Crippen molar-refractivity contribution in [3.05, 3.63) is 18.0 Å². The number of hydrogen-bond acceptors (Lipinski definition) is 3. The summed E-state index contributed by atoms with van der Waals surface area (Å²) in [7, 11) is 4.25. The molecule has 1 aromatic rings. The third kappa shape index (κ3) is 4.30. The maximum atomic E-state index is 4.29. The zero-order valence-corrected chi connectivity index (χ0v) is 14.3. The van der Waals surface area contributed by atoms with Crippen LogP contribution in [-0.2, 0) is 13.6 Å². The summed E-state index contributed by atoms with van der Waals surface area (Å²) in [6.07, 6.45) is 7.96. The van der Waals surface area contributed by atoms with E-state index in [0.717, 1.165) is 24.9 Å². The molecule has 1 fully saturated rings.